The lowest BCUT2D eigenvalue weighted by atomic mass is 10.0. The van der Waals surface area contributed by atoms with E-state index in [1.54, 1.807) is 6.08 Å². The summed E-state index contributed by atoms with van der Waals surface area (Å²) in [6.07, 6.45) is 67.4. The highest BCUT2D eigenvalue weighted by molar-refractivity contribution is 7.45. The van der Waals surface area contributed by atoms with Gasteiger partial charge in [-0.3, -0.25) is 9.36 Å². The highest BCUT2D eigenvalue weighted by Gasteiger charge is 2.23. The second-order valence-electron chi connectivity index (χ2n) is 18.1. The Morgan fingerprint density at radius 1 is 0.554 bits per heavy atom. The van der Waals surface area contributed by atoms with Crippen molar-refractivity contribution < 1.29 is 32.9 Å². The van der Waals surface area contributed by atoms with Gasteiger partial charge in [-0.1, -0.05) is 207 Å². The van der Waals surface area contributed by atoms with E-state index in [9.17, 15) is 19.4 Å². The van der Waals surface area contributed by atoms with Crippen molar-refractivity contribution in [2.45, 2.75) is 199 Å². The van der Waals surface area contributed by atoms with Crippen LogP contribution in [0.15, 0.2) is 109 Å². The zero-order valence-corrected chi connectivity index (χ0v) is 43.0. The fraction of sp³-hybridized carbons (Fsp3) is 0.661. The van der Waals surface area contributed by atoms with Crippen LogP contribution in [0, 0.1) is 0 Å². The molecule has 0 radical (unpaired) electrons. The Balaban J connectivity index is 4.05. The number of phosphoric acid groups is 1. The van der Waals surface area contributed by atoms with Crippen LogP contribution in [0.2, 0.25) is 0 Å². The predicted octanol–water partition coefficient (Wildman–Crippen LogP) is 14.6. The van der Waals surface area contributed by atoms with E-state index in [4.69, 9.17) is 9.05 Å². The standard InChI is InChI=1S/C56H97N2O6P/c1-6-8-10-12-14-16-17-18-19-20-21-22-23-24-25-26-27-28-29-30-31-32-33-34-35-36-37-38-39-40-41-42-44-46-48-50-56(60)57-54(53-64-65(61,62)63-52-51-58(3,4)5)55(59)49-47-45-43-15-13-11-9-7-2/h8,10,14,16,18-19,21-22,24-25,27-28,30-31,33-34,47,49,54-55,59H,6-7,9,11-13,15,17,20,23,26,29,32,35-46,48,50-53H2,1-5H3,(H-,57,60,61,62)/b10-8-,16-14-,19-18-,22-21-,25-24-,28-27-,31-30-,34-33-,49-47+. The second kappa shape index (κ2) is 46.3. The highest BCUT2D eigenvalue weighted by Crippen LogP contribution is 2.38. The number of aliphatic hydroxyl groups is 1. The lowest BCUT2D eigenvalue weighted by Gasteiger charge is -2.29. The molecule has 0 saturated carbocycles. The lowest BCUT2D eigenvalue weighted by molar-refractivity contribution is -0.870. The third kappa shape index (κ3) is 48.9. The third-order valence-corrected chi connectivity index (χ3v) is 11.7. The molecule has 0 rings (SSSR count). The van der Waals surface area contributed by atoms with Crippen LogP contribution >= 0.6 is 7.82 Å². The zero-order valence-electron chi connectivity index (χ0n) is 42.1. The van der Waals surface area contributed by atoms with Gasteiger partial charge in [-0.25, -0.2) is 0 Å². The molecule has 0 bridgehead atoms. The Morgan fingerprint density at radius 3 is 1.37 bits per heavy atom. The molecule has 65 heavy (non-hydrogen) atoms. The highest BCUT2D eigenvalue weighted by atomic mass is 31.2. The predicted molar refractivity (Wildman–Crippen MR) is 279 cm³/mol. The van der Waals surface area contributed by atoms with Crippen molar-refractivity contribution in [2.75, 3.05) is 40.9 Å². The Kier molecular flexibility index (Phi) is 44.3. The maximum Gasteiger partial charge on any atom is 0.268 e. The van der Waals surface area contributed by atoms with Gasteiger partial charge in [0, 0.05) is 6.42 Å². The van der Waals surface area contributed by atoms with Crippen molar-refractivity contribution in [1.82, 2.24) is 5.32 Å². The molecule has 0 aromatic heterocycles. The van der Waals surface area contributed by atoms with Crippen LogP contribution in [0.4, 0.5) is 0 Å². The van der Waals surface area contributed by atoms with Crippen LogP contribution in [-0.2, 0) is 18.4 Å². The monoisotopic (exact) mass is 925 g/mol. The summed E-state index contributed by atoms with van der Waals surface area (Å²) in [7, 11) is 1.24. The minimum absolute atomic E-state index is 0.00732. The molecule has 8 nitrogen and oxygen atoms in total. The summed E-state index contributed by atoms with van der Waals surface area (Å²) in [5, 5.41) is 13.7. The molecule has 0 heterocycles. The number of aliphatic hydroxyl groups excluding tert-OH is 1. The van der Waals surface area contributed by atoms with E-state index in [0.29, 0.717) is 17.4 Å². The van der Waals surface area contributed by atoms with Crippen LogP contribution in [0.5, 0.6) is 0 Å². The van der Waals surface area contributed by atoms with E-state index < -0.39 is 20.0 Å². The van der Waals surface area contributed by atoms with E-state index in [-0.39, 0.29) is 19.1 Å². The van der Waals surface area contributed by atoms with E-state index in [0.717, 1.165) is 96.3 Å². The molecule has 0 saturated heterocycles. The summed E-state index contributed by atoms with van der Waals surface area (Å²) in [6, 6.07) is -0.893. The molecular weight excluding hydrogens is 828 g/mol. The summed E-state index contributed by atoms with van der Waals surface area (Å²) in [6.45, 7) is 4.46. The quantitative estimate of drug-likeness (QED) is 0.0273. The summed E-state index contributed by atoms with van der Waals surface area (Å²) >= 11 is 0. The molecule has 2 N–H and O–H groups in total. The Bertz CT molecular complexity index is 1420. The first-order chi connectivity index (χ1) is 31.5. The van der Waals surface area contributed by atoms with Crippen molar-refractivity contribution in [3.63, 3.8) is 0 Å². The van der Waals surface area contributed by atoms with Gasteiger partial charge in [0.25, 0.3) is 7.82 Å². The molecule has 9 heteroatoms. The number of amides is 1. The van der Waals surface area contributed by atoms with Gasteiger partial charge < -0.3 is 28.8 Å². The average molecular weight is 925 g/mol. The Hall–Kier alpha value is -2.84. The number of quaternary nitrogens is 1. The maximum absolute atomic E-state index is 12.8. The zero-order chi connectivity index (χ0) is 47.8. The number of rotatable bonds is 45. The van der Waals surface area contributed by atoms with Gasteiger partial charge >= 0.3 is 0 Å². The molecule has 372 valence electrons. The van der Waals surface area contributed by atoms with Crippen molar-refractivity contribution in [1.29, 1.82) is 0 Å². The lowest BCUT2D eigenvalue weighted by Crippen LogP contribution is -2.45. The molecular formula is C56H97N2O6P. The van der Waals surface area contributed by atoms with E-state index in [1.165, 1.54) is 70.6 Å². The van der Waals surface area contributed by atoms with Gasteiger partial charge in [0.2, 0.25) is 5.91 Å². The van der Waals surface area contributed by atoms with Crippen molar-refractivity contribution in [2.24, 2.45) is 0 Å². The molecule has 3 unspecified atom stereocenters. The number of unbranched alkanes of at least 4 members (excludes halogenated alkanes) is 16. The minimum atomic E-state index is -4.59. The molecule has 0 aliphatic heterocycles. The normalized spacial score (nSPS) is 15.0. The number of phosphoric ester groups is 1. The van der Waals surface area contributed by atoms with Gasteiger partial charge in [-0.05, 0) is 83.5 Å². The molecule has 3 atom stereocenters. The first-order valence-corrected chi connectivity index (χ1v) is 27.2. The molecule has 0 aromatic carbocycles. The van der Waals surface area contributed by atoms with Crippen LogP contribution in [0.3, 0.4) is 0 Å². The molecule has 0 aromatic rings. The van der Waals surface area contributed by atoms with Crippen LogP contribution in [0.1, 0.15) is 187 Å². The number of hydrogen-bond acceptors (Lipinski definition) is 6. The van der Waals surface area contributed by atoms with Gasteiger partial charge in [-0.15, -0.1) is 0 Å². The fourth-order valence-electron chi connectivity index (χ4n) is 6.70. The molecule has 0 aliphatic carbocycles. The maximum atomic E-state index is 12.8. The minimum Gasteiger partial charge on any atom is -0.756 e. The van der Waals surface area contributed by atoms with E-state index in [2.05, 4.69) is 116 Å². The molecule has 1 amide bonds. The van der Waals surface area contributed by atoms with Gasteiger partial charge in [-0.2, -0.15) is 0 Å². The Morgan fingerprint density at radius 2 is 0.938 bits per heavy atom. The second-order valence-corrected chi connectivity index (χ2v) is 19.6. The topological polar surface area (TPSA) is 108 Å². The van der Waals surface area contributed by atoms with Crippen molar-refractivity contribution >= 4 is 13.7 Å². The summed E-state index contributed by atoms with van der Waals surface area (Å²) in [5.74, 6) is -0.211. The smallest absolute Gasteiger partial charge is 0.268 e. The van der Waals surface area contributed by atoms with Crippen molar-refractivity contribution in [3.05, 3.63) is 109 Å². The van der Waals surface area contributed by atoms with E-state index in [1.807, 2.05) is 27.2 Å². The van der Waals surface area contributed by atoms with Crippen molar-refractivity contribution in [3.8, 4) is 0 Å². The number of nitrogens with zero attached hydrogens (tertiary/aromatic N) is 1. The van der Waals surface area contributed by atoms with Gasteiger partial charge in [0.1, 0.15) is 13.2 Å². The number of carbonyl (C=O) groups is 1. The SMILES string of the molecule is CC/C=C\C/C=C\C/C=C\C/C=C\C/C=C\C/C=C\C/C=C\C/C=C\CCCCCCCCCCCCC(=O)NC(COP(=O)([O-])OCC[N+](C)(C)C)C(O)/C=C/CCCCCCCC. The first-order valence-electron chi connectivity index (χ1n) is 25.7. The molecule has 0 fully saturated rings. The summed E-state index contributed by atoms with van der Waals surface area (Å²) in [5.41, 5.74) is 0. The fourth-order valence-corrected chi connectivity index (χ4v) is 7.42. The number of carbonyl (C=O) groups excluding carboxylic acids is 1. The van der Waals surface area contributed by atoms with Crippen LogP contribution in [0.25, 0.3) is 0 Å². The first kappa shape index (κ1) is 62.2. The van der Waals surface area contributed by atoms with Gasteiger partial charge in [0.05, 0.1) is 39.9 Å². The largest absolute Gasteiger partial charge is 0.756 e. The van der Waals surface area contributed by atoms with Crippen LogP contribution < -0.4 is 10.2 Å². The molecule has 0 spiro atoms. The van der Waals surface area contributed by atoms with E-state index >= 15 is 0 Å². The number of nitrogens with one attached hydrogen (secondary N) is 1. The molecule has 0 aliphatic rings. The third-order valence-electron chi connectivity index (χ3n) is 10.7. The summed E-state index contributed by atoms with van der Waals surface area (Å²) < 4.78 is 23.1. The summed E-state index contributed by atoms with van der Waals surface area (Å²) in [4.78, 5) is 25.3. The Labute approximate surface area is 400 Å². The number of hydrogen-bond donors (Lipinski definition) is 2. The van der Waals surface area contributed by atoms with Crippen LogP contribution in [-0.4, -0.2) is 68.5 Å². The average Bonchev–Trinajstić information content (AvgIpc) is 3.26. The number of allylic oxidation sites excluding steroid dienone is 17. The van der Waals surface area contributed by atoms with Gasteiger partial charge in [0.15, 0.2) is 0 Å². The number of likely N-dealkylation sites (N-methyl/N-ethyl adjacent to an activating group) is 1.